The van der Waals surface area contributed by atoms with Crippen LogP contribution in [-0.4, -0.2) is 18.3 Å². The molecule has 0 radical (unpaired) electrons. The van der Waals surface area contributed by atoms with Crippen LogP contribution >= 0.6 is 11.6 Å². The maximum absolute atomic E-state index is 13.2. The number of esters is 1. The van der Waals surface area contributed by atoms with E-state index >= 15 is 0 Å². The molecule has 124 valence electrons. The number of carbonyl (C=O) groups is 1. The van der Waals surface area contributed by atoms with Gasteiger partial charge in [-0.15, -0.1) is 0 Å². The summed E-state index contributed by atoms with van der Waals surface area (Å²) < 4.78 is 18.3. The van der Waals surface area contributed by atoms with E-state index < -0.39 is 5.97 Å². The minimum absolute atomic E-state index is 0.203. The van der Waals surface area contributed by atoms with Crippen LogP contribution in [0.5, 0.6) is 0 Å². The van der Waals surface area contributed by atoms with Crippen LogP contribution in [0.4, 0.5) is 10.1 Å². The van der Waals surface area contributed by atoms with Gasteiger partial charge in [0.05, 0.1) is 18.3 Å². The summed E-state index contributed by atoms with van der Waals surface area (Å²) in [6.45, 7) is 2.04. The topological polar surface area (TPSA) is 41.9 Å². The van der Waals surface area contributed by atoms with Crippen molar-refractivity contribution in [3.63, 3.8) is 0 Å². The maximum Gasteiger partial charge on any atom is 0.354 e. The molecule has 0 fully saturated rings. The van der Waals surface area contributed by atoms with Crippen LogP contribution in [0.3, 0.4) is 0 Å². The van der Waals surface area contributed by atoms with Crippen molar-refractivity contribution in [2.24, 2.45) is 5.10 Å². The van der Waals surface area contributed by atoms with Crippen LogP contribution in [0.25, 0.3) is 0 Å². The van der Waals surface area contributed by atoms with Crippen LogP contribution in [0.2, 0.25) is 5.02 Å². The molecular formula is C18H16ClFN2O2. The van der Waals surface area contributed by atoms with Crippen molar-refractivity contribution in [3.05, 3.63) is 64.9 Å². The van der Waals surface area contributed by atoms with Crippen molar-refractivity contribution in [2.75, 3.05) is 11.6 Å². The Bertz CT molecular complexity index is 760. The van der Waals surface area contributed by atoms with E-state index in [0.29, 0.717) is 23.8 Å². The second kappa shape index (κ2) is 7.01. The summed E-state index contributed by atoms with van der Waals surface area (Å²) in [5, 5.41) is 6.79. The predicted octanol–water partition coefficient (Wildman–Crippen LogP) is 4.35. The second-order valence-corrected chi connectivity index (χ2v) is 5.80. The number of halogens is 2. The van der Waals surface area contributed by atoms with E-state index in [2.05, 4.69) is 5.10 Å². The second-order valence-electron chi connectivity index (χ2n) is 5.36. The molecular weight excluding hydrogens is 331 g/mol. The Morgan fingerprint density at radius 2 is 1.92 bits per heavy atom. The third-order valence-corrected chi connectivity index (χ3v) is 4.02. The first-order valence-electron chi connectivity index (χ1n) is 7.63. The minimum Gasteiger partial charge on any atom is -0.461 e. The van der Waals surface area contributed by atoms with Crippen LogP contribution in [0.15, 0.2) is 53.6 Å². The van der Waals surface area contributed by atoms with Gasteiger partial charge in [-0.2, -0.15) is 5.10 Å². The number of hydrazone groups is 1. The highest BCUT2D eigenvalue weighted by Gasteiger charge is 2.33. The number of benzene rings is 2. The van der Waals surface area contributed by atoms with Crippen LogP contribution < -0.4 is 5.01 Å². The summed E-state index contributed by atoms with van der Waals surface area (Å²) in [6, 6.07) is 13.2. The maximum atomic E-state index is 13.2. The molecule has 0 aliphatic carbocycles. The molecule has 6 heteroatoms. The molecule has 0 aromatic heterocycles. The SMILES string of the molecule is CCOC(=O)C1=NN(c2ccc(Cl)cc2)C(c2ccc(F)cc2)C1. The van der Waals surface area contributed by atoms with Crippen molar-refractivity contribution in [1.29, 1.82) is 0 Å². The first-order chi connectivity index (χ1) is 11.6. The van der Waals surface area contributed by atoms with E-state index in [4.69, 9.17) is 16.3 Å². The first kappa shape index (κ1) is 16.5. The minimum atomic E-state index is -0.430. The fraction of sp³-hybridized carbons (Fsp3) is 0.222. The van der Waals surface area contributed by atoms with Gasteiger partial charge in [0.25, 0.3) is 0 Å². The summed E-state index contributed by atoms with van der Waals surface area (Å²) >= 11 is 5.94. The van der Waals surface area contributed by atoms with Gasteiger partial charge in [0.15, 0.2) is 0 Å². The molecule has 0 N–H and O–H groups in total. The van der Waals surface area contributed by atoms with E-state index in [1.54, 1.807) is 36.2 Å². The smallest absolute Gasteiger partial charge is 0.354 e. The highest BCUT2D eigenvalue weighted by atomic mass is 35.5. The number of hydrogen-bond donors (Lipinski definition) is 0. The molecule has 24 heavy (non-hydrogen) atoms. The van der Waals surface area contributed by atoms with Crippen molar-refractivity contribution in [3.8, 4) is 0 Å². The monoisotopic (exact) mass is 346 g/mol. The van der Waals surface area contributed by atoms with Crippen LogP contribution in [0.1, 0.15) is 24.9 Å². The average Bonchev–Trinajstić information content (AvgIpc) is 3.02. The number of carbonyl (C=O) groups excluding carboxylic acids is 1. The molecule has 0 saturated heterocycles. The van der Waals surface area contributed by atoms with Crippen LogP contribution in [0, 0.1) is 5.82 Å². The molecule has 2 aromatic carbocycles. The van der Waals surface area contributed by atoms with E-state index in [1.165, 1.54) is 12.1 Å². The number of nitrogens with zero attached hydrogens (tertiary/aromatic N) is 2. The third kappa shape index (κ3) is 3.41. The Morgan fingerprint density at radius 1 is 1.25 bits per heavy atom. The van der Waals surface area contributed by atoms with Gasteiger partial charge in [0, 0.05) is 11.4 Å². The highest BCUT2D eigenvalue weighted by Crippen LogP contribution is 2.35. The molecule has 3 rings (SSSR count). The van der Waals surface area contributed by atoms with Crippen molar-refractivity contribution in [1.82, 2.24) is 0 Å². The summed E-state index contributed by atoms with van der Waals surface area (Å²) in [5.74, 6) is -0.734. The molecule has 0 bridgehead atoms. The largest absolute Gasteiger partial charge is 0.461 e. The highest BCUT2D eigenvalue weighted by molar-refractivity contribution is 6.37. The van der Waals surface area contributed by atoms with Gasteiger partial charge >= 0.3 is 5.97 Å². The molecule has 4 nitrogen and oxygen atoms in total. The Morgan fingerprint density at radius 3 is 2.54 bits per heavy atom. The third-order valence-electron chi connectivity index (χ3n) is 3.77. The van der Waals surface area contributed by atoms with Gasteiger partial charge in [-0.3, -0.25) is 5.01 Å². The average molecular weight is 347 g/mol. The van der Waals surface area contributed by atoms with Gasteiger partial charge in [0.1, 0.15) is 11.5 Å². The summed E-state index contributed by atoms with van der Waals surface area (Å²) in [6.07, 6.45) is 0.396. The zero-order valence-electron chi connectivity index (χ0n) is 13.1. The lowest BCUT2D eigenvalue weighted by Crippen LogP contribution is -2.18. The van der Waals surface area contributed by atoms with Crippen molar-refractivity contribution >= 4 is 29.0 Å². The van der Waals surface area contributed by atoms with Gasteiger partial charge < -0.3 is 4.74 Å². The lowest BCUT2D eigenvalue weighted by atomic mass is 10.0. The first-order valence-corrected chi connectivity index (χ1v) is 8.01. The molecule has 1 atom stereocenters. The Hall–Kier alpha value is -2.40. The van der Waals surface area contributed by atoms with E-state index in [-0.39, 0.29) is 11.9 Å². The number of ether oxygens (including phenoxy) is 1. The fourth-order valence-corrected chi connectivity index (χ4v) is 2.75. The fourth-order valence-electron chi connectivity index (χ4n) is 2.62. The molecule has 2 aromatic rings. The standard InChI is InChI=1S/C18H16ClFN2O2/c1-2-24-18(23)16-11-17(12-3-7-14(20)8-4-12)22(21-16)15-9-5-13(19)6-10-15/h3-10,17H,2,11H2,1H3. The quantitative estimate of drug-likeness (QED) is 0.773. The van der Waals surface area contributed by atoms with Gasteiger partial charge in [-0.25, -0.2) is 9.18 Å². The molecule has 0 amide bonds. The van der Waals surface area contributed by atoms with Gasteiger partial charge in [0.2, 0.25) is 0 Å². The Kier molecular flexibility index (Phi) is 4.81. The molecule has 1 unspecified atom stereocenters. The zero-order chi connectivity index (χ0) is 17.1. The molecule has 1 aliphatic heterocycles. The van der Waals surface area contributed by atoms with Gasteiger partial charge in [-0.05, 0) is 48.9 Å². The number of rotatable bonds is 4. The van der Waals surface area contributed by atoms with Crippen molar-refractivity contribution < 1.29 is 13.9 Å². The molecule has 0 spiro atoms. The van der Waals surface area contributed by atoms with Gasteiger partial charge in [-0.1, -0.05) is 23.7 Å². The summed E-state index contributed by atoms with van der Waals surface area (Å²) in [4.78, 5) is 12.0. The summed E-state index contributed by atoms with van der Waals surface area (Å²) in [7, 11) is 0. The van der Waals surface area contributed by atoms with Crippen LogP contribution in [-0.2, 0) is 9.53 Å². The zero-order valence-corrected chi connectivity index (χ0v) is 13.8. The summed E-state index contributed by atoms with van der Waals surface area (Å²) in [5.41, 5.74) is 2.02. The van der Waals surface area contributed by atoms with E-state index in [1.807, 2.05) is 12.1 Å². The lowest BCUT2D eigenvalue weighted by molar-refractivity contribution is -0.135. The molecule has 0 saturated carbocycles. The number of anilines is 1. The number of hydrogen-bond acceptors (Lipinski definition) is 4. The molecule has 1 aliphatic rings. The Labute approximate surface area is 144 Å². The van der Waals surface area contributed by atoms with E-state index in [9.17, 15) is 9.18 Å². The predicted molar refractivity (Wildman–Crippen MR) is 91.8 cm³/mol. The normalized spacial score (nSPS) is 16.9. The lowest BCUT2D eigenvalue weighted by Gasteiger charge is -2.24. The van der Waals surface area contributed by atoms with Crippen molar-refractivity contribution in [2.45, 2.75) is 19.4 Å². The molecule has 1 heterocycles. The van der Waals surface area contributed by atoms with E-state index in [0.717, 1.165) is 11.3 Å². The Balaban J connectivity index is 1.95.